The van der Waals surface area contributed by atoms with Crippen LogP contribution >= 0.6 is 11.3 Å². The Morgan fingerprint density at radius 3 is 2.55 bits per heavy atom. The van der Waals surface area contributed by atoms with E-state index in [0.29, 0.717) is 13.0 Å². The van der Waals surface area contributed by atoms with Gasteiger partial charge in [-0.15, -0.1) is 11.3 Å². The number of benzene rings is 2. The quantitative estimate of drug-likeness (QED) is 0.576. The Kier molecular flexibility index (Phi) is 6.91. The lowest BCUT2D eigenvalue weighted by Gasteiger charge is -2.26. The van der Waals surface area contributed by atoms with Crippen LogP contribution in [0.2, 0.25) is 0 Å². The number of para-hydroxylation sites is 1. The van der Waals surface area contributed by atoms with Gasteiger partial charge in [0.2, 0.25) is 5.91 Å². The molecule has 1 saturated heterocycles. The summed E-state index contributed by atoms with van der Waals surface area (Å²) >= 11 is 1.73. The number of hydrogen-bond donors (Lipinski definition) is 1. The maximum atomic E-state index is 12.2. The zero-order chi connectivity index (χ0) is 19.9. The number of carbonyl (C=O) groups is 1. The van der Waals surface area contributed by atoms with Gasteiger partial charge < -0.3 is 5.32 Å². The van der Waals surface area contributed by atoms with Crippen molar-refractivity contribution >= 4 is 27.5 Å². The predicted molar refractivity (Wildman–Crippen MR) is 120 cm³/mol. The topological polar surface area (TPSA) is 45.2 Å². The van der Waals surface area contributed by atoms with Gasteiger partial charge in [-0.25, -0.2) is 4.98 Å². The molecule has 1 aromatic heterocycles. The number of carbonyl (C=O) groups excluding carboxylic acids is 1. The lowest BCUT2D eigenvalue weighted by molar-refractivity contribution is -0.121. The summed E-state index contributed by atoms with van der Waals surface area (Å²) in [5.74, 6) is 0.114. The van der Waals surface area contributed by atoms with E-state index in [2.05, 4.69) is 45.5 Å². The van der Waals surface area contributed by atoms with Crippen molar-refractivity contribution in [3.05, 3.63) is 64.7 Å². The fraction of sp³-hybridized carbons (Fsp3) is 0.417. The SMILES string of the molecule is O=C(CCCc1nc2ccccc2s1)NCc1ccc(CN2CCCCC2)cc1. The van der Waals surface area contributed by atoms with Crippen molar-refractivity contribution in [1.82, 2.24) is 15.2 Å². The molecule has 0 unspecified atom stereocenters. The van der Waals surface area contributed by atoms with Crippen molar-refractivity contribution in [2.45, 2.75) is 51.6 Å². The molecule has 2 heterocycles. The first-order valence-corrected chi connectivity index (χ1v) is 11.5. The Balaban J connectivity index is 1.17. The molecule has 4 rings (SSSR count). The Morgan fingerprint density at radius 2 is 1.76 bits per heavy atom. The van der Waals surface area contributed by atoms with Gasteiger partial charge in [-0.1, -0.05) is 42.8 Å². The number of aromatic nitrogens is 1. The van der Waals surface area contributed by atoms with Gasteiger partial charge in [0.05, 0.1) is 15.2 Å². The molecule has 0 radical (unpaired) electrons. The van der Waals surface area contributed by atoms with E-state index in [1.807, 2.05) is 18.2 Å². The number of rotatable bonds is 8. The number of fused-ring (bicyclic) bond motifs is 1. The van der Waals surface area contributed by atoms with E-state index in [-0.39, 0.29) is 5.91 Å². The van der Waals surface area contributed by atoms with E-state index in [4.69, 9.17) is 0 Å². The summed E-state index contributed by atoms with van der Waals surface area (Å²) in [7, 11) is 0. The minimum Gasteiger partial charge on any atom is -0.352 e. The second kappa shape index (κ2) is 9.99. The van der Waals surface area contributed by atoms with Crippen molar-refractivity contribution in [3.63, 3.8) is 0 Å². The van der Waals surface area contributed by atoms with Gasteiger partial charge in [-0.3, -0.25) is 9.69 Å². The average Bonchev–Trinajstić information content (AvgIpc) is 3.17. The molecule has 29 heavy (non-hydrogen) atoms. The first-order chi connectivity index (χ1) is 14.3. The number of aryl methyl sites for hydroxylation is 1. The zero-order valence-corrected chi connectivity index (χ0v) is 17.7. The molecule has 1 amide bonds. The van der Waals surface area contributed by atoms with E-state index in [1.165, 1.54) is 42.6 Å². The molecule has 0 saturated carbocycles. The van der Waals surface area contributed by atoms with Gasteiger partial charge in [-0.05, 0) is 62.0 Å². The molecule has 3 aromatic rings. The molecule has 1 aliphatic heterocycles. The largest absolute Gasteiger partial charge is 0.352 e. The van der Waals surface area contributed by atoms with Crippen molar-refractivity contribution < 1.29 is 4.79 Å². The van der Waals surface area contributed by atoms with Crippen LogP contribution in [0.1, 0.15) is 48.2 Å². The van der Waals surface area contributed by atoms with Crippen LogP contribution in [0.3, 0.4) is 0 Å². The minimum atomic E-state index is 0.114. The summed E-state index contributed by atoms with van der Waals surface area (Å²) in [5, 5.41) is 4.16. The summed E-state index contributed by atoms with van der Waals surface area (Å²) in [5.41, 5.74) is 3.57. The summed E-state index contributed by atoms with van der Waals surface area (Å²) < 4.78 is 1.22. The van der Waals surface area contributed by atoms with Gasteiger partial charge in [0.25, 0.3) is 0 Å². The van der Waals surface area contributed by atoms with Crippen LogP contribution < -0.4 is 5.32 Å². The standard InChI is InChI=1S/C24H29N3OS/c28-23(9-6-10-24-26-21-7-2-3-8-22(21)29-24)25-17-19-11-13-20(14-12-19)18-27-15-4-1-5-16-27/h2-3,7-8,11-14H,1,4-6,9-10,15-18H2,(H,25,28). The molecule has 1 fully saturated rings. The molecule has 4 nitrogen and oxygen atoms in total. The van der Waals surface area contributed by atoms with Crippen LogP contribution in [-0.4, -0.2) is 28.9 Å². The van der Waals surface area contributed by atoms with Gasteiger partial charge in [-0.2, -0.15) is 0 Å². The molecular weight excluding hydrogens is 378 g/mol. The summed E-state index contributed by atoms with van der Waals surface area (Å²) in [4.78, 5) is 19.3. The van der Waals surface area contributed by atoms with Crippen LogP contribution in [0.5, 0.6) is 0 Å². The molecule has 1 aliphatic rings. The third-order valence-corrected chi connectivity index (χ3v) is 6.60. The third-order valence-electron chi connectivity index (χ3n) is 5.50. The number of thiazole rings is 1. The maximum absolute atomic E-state index is 12.2. The Hall–Kier alpha value is -2.24. The number of piperidine rings is 1. The van der Waals surface area contributed by atoms with Gasteiger partial charge >= 0.3 is 0 Å². The molecule has 0 atom stereocenters. The Labute approximate surface area is 177 Å². The van der Waals surface area contributed by atoms with Crippen LogP contribution in [0.4, 0.5) is 0 Å². The van der Waals surface area contributed by atoms with Crippen LogP contribution in [0.25, 0.3) is 10.2 Å². The molecule has 0 bridgehead atoms. The Bertz CT molecular complexity index is 896. The molecule has 152 valence electrons. The summed E-state index contributed by atoms with van der Waals surface area (Å²) in [6, 6.07) is 16.9. The average molecular weight is 408 g/mol. The molecule has 5 heteroatoms. The van der Waals surface area contributed by atoms with Crippen molar-refractivity contribution in [1.29, 1.82) is 0 Å². The lowest BCUT2D eigenvalue weighted by Crippen LogP contribution is -2.29. The van der Waals surface area contributed by atoms with E-state index in [0.717, 1.165) is 35.5 Å². The highest BCUT2D eigenvalue weighted by Gasteiger charge is 2.10. The third kappa shape index (κ3) is 5.87. The normalized spacial score (nSPS) is 14.9. The first-order valence-electron chi connectivity index (χ1n) is 10.7. The molecule has 0 spiro atoms. The smallest absolute Gasteiger partial charge is 0.220 e. The monoisotopic (exact) mass is 407 g/mol. The number of amides is 1. The lowest BCUT2D eigenvalue weighted by atomic mass is 10.1. The molecular formula is C24H29N3OS. The minimum absolute atomic E-state index is 0.114. The number of likely N-dealkylation sites (tertiary alicyclic amines) is 1. The second-order valence-corrected chi connectivity index (χ2v) is 8.97. The summed E-state index contributed by atoms with van der Waals surface area (Å²) in [6.07, 6.45) is 6.25. The molecule has 2 aromatic carbocycles. The first kappa shape index (κ1) is 20.0. The Morgan fingerprint density at radius 1 is 1.00 bits per heavy atom. The van der Waals surface area contributed by atoms with Crippen molar-refractivity contribution in [2.75, 3.05) is 13.1 Å². The van der Waals surface area contributed by atoms with Gasteiger partial charge in [0, 0.05) is 19.5 Å². The van der Waals surface area contributed by atoms with Crippen molar-refractivity contribution in [3.8, 4) is 0 Å². The van der Waals surface area contributed by atoms with Gasteiger partial charge in [0.1, 0.15) is 0 Å². The van der Waals surface area contributed by atoms with Crippen LogP contribution in [0.15, 0.2) is 48.5 Å². The van der Waals surface area contributed by atoms with E-state index in [9.17, 15) is 4.79 Å². The van der Waals surface area contributed by atoms with Gasteiger partial charge in [0.15, 0.2) is 0 Å². The van der Waals surface area contributed by atoms with E-state index >= 15 is 0 Å². The van der Waals surface area contributed by atoms with E-state index in [1.54, 1.807) is 11.3 Å². The van der Waals surface area contributed by atoms with Crippen molar-refractivity contribution in [2.24, 2.45) is 0 Å². The highest BCUT2D eigenvalue weighted by atomic mass is 32.1. The zero-order valence-electron chi connectivity index (χ0n) is 16.9. The van der Waals surface area contributed by atoms with Crippen LogP contribution in [-0.2, 0) is 24.3 Å². The fourth-order valence-electron chi connectivity index (χ4n) is 3.85. The maximum Gasteiger partial charge on any atom is 0.220 e. The number of hydrogen-bond acceptors (Lipinski definition) is 4. The summed E-state index contributed by atoms with van der Waals surface area (Å²) in [6.45, 7) is 4.08. The number of nitrogens with one attached hydrogen (secondary N) is 1. The predicted octanol–water partition coefficient (Wildman–Crippen LogP) is 4.92. The van der Waals surface area contributed by atoms with Crippen LogP contribution in [0, 0.1) is 0 Å². The van der Waals surface area contributed by atoms with E-state index < -0.39 is 0 Å². The molecule has 1 N–H and O–H groups in total. The number of nitrogens with zero attached hydrogens (tertiary/aromatic N) is 2. The molecule has 0 aliphatic carbocycles. The highest BCUT2D eigenvalue weighted by Crippen LogP contribution is 2.22. The fourth-order valence-corrected chi connectivity index (χ4v) is 4.86. The second-order valence-electron chi connectivity index (χ2n) is 7.86. The highest BCUT2D eigenvalue weighted by molar-refractivity contribution is 7.18.